The van der Waals surface area contributed by atoms with Crippen LogP contribution in [0, 0.1) is 22.7 Å². The molecule has 2 atom stereocenters. The molecule has 220 valence electrons. The molecule has 0 fully saturated rings. The summed E-state index contributed by atoms with van der Waals surface area (Å²) in [7, 11) is 0. The van der Waals surface area contributed by atoms with Crippen molar-refractivity contribution in [2.75, 3.05) is 0 Å². The quantitative estimate of drug-likeness (QED) is 0.263. The Kier molecular flexibility index (Phi) is 17.2. The molecular formula is C40H60. The first-order chi connectivity index (χ1) is 18.8. The fraction of sp³-hybridized carbons (Fsp3) is 0.450. The number of hydrogen-bond acceptors (Lipinski definition) is 0. The Morgan fingerprint density at radius 1 is 0.975 bits per heavy atom. The van der Waals surface area contributed by atoms with E-state index in [9.17, 15) is 0 Å². The first-order valence-corrected chi connectivity index (χ1v) is 15.4. The molecule has 0 spiro atoms. The normalized spacial score (nSPS) is 19.0. The summed E-state index contributed by atoms with van der Waals surface area (Å²) in [5, 5.41) is 0. The van der Waals surface area contributed by atoms with Crippen molar-refractivity contribution in [3.63, 3.8) is 0 Å². The Morgan fingerprint density at radius 3 is 2.10 bits per heavy atom. The van der Waals surface area contributed by atoms with E-state index in [4.69, 9.17) is 0 Å². The van der Waals surface area contributed by atoms with Crippen LogP contribution in [-0.2, 0) is 0 Å². The van der Waals surface area contributed by atoms with Crippen LogP contribution in [0.4, 0.5) is 0 Å². The first-order valence-electron chi connectivity index (χ1n) is 15.4. The number of benzene rings is 1. The van der Waals surface area contributed by atoms with E-state index >= 15 is 0 Å². The minimum absolute atomic E-state index is 0.138. The van der Waals surface area contributed by atoms with E-state index in [2.05, 4.69) is 155 Å². The van der Waals surface area contributed by atoms with Crippen LogP contribution >= 0.6 is 0 Å². The second-order valence-electron chi connectivity index (χ2n) is 12.3. The summed E-state index contributed by atoms with van der Waals surface area (Å²) in [6.45, 7) is 35.9. The molecule has 0 N–H and O–H groups in total. The van der Waals surface area contributed by atoms with E-state index in [1.165, 1.54) is 34.3 Å². The Balaban J connectivity index is 0.000000698. The Bertz CT molecular complexity index is 1080. The fourth-order valence-electron chi connectivity index (χ4n) is 4.24. The monoisotopic (exact) mass is 540 g/mol. The minimum atomic E-state index is 0.138. The number of allylic oxidation sites excluding steroid dienone is 12. The average molecular weight is 541 g/mol. The van der Waals surface area contributed by atoms with E-state index in [0.29, 0.717) is 11.8 Å². The molecule has 3 rings (SSSR count). The highest BCUT2D eigenvalue weighted by molar-refractivity contribution is 5.84. The third kappa shape index (κ3) is 12.1. The van der Waals surface area contributed by atoms with Gasteiger partial charge in [-0.3, -0.25) is 0 Å². The highest BCUT2D eigenvalue weighted by Gasteiger charge is 2.26. The van der Waals surface area contributed by atoms with Crippen LogP contribution in [0.15, 0.2) is 109 Å². The number of fused-ring (bicyclic) bond motifs is 2. The van der Waals surface area contributed by atoms with Gasteiger partial charge in [0.05, 0.1) is 0 Å². The average Bonchev–Trinajstić information content (AvgIpc) is 2.91. The maximum absolute atomic E-state index is 4.40. The van der Waals surface area contributed by atoms with Crippen LogP contribution < -0.4 is 0 Å². The molecule has 1 aromatic carbocycles. The summed E-state index contributed by atoms with van der Waals surface area (Å²) in [6, 6.07) is 8.56. The van der Waals surface area contributed by atoms with Crippen molar-refractivity contribution in [1.29, 1.82) is 0 Å². The molecule has 2 unspecified atom stereocenters. The van der Waals surface area contributed by atoms with Gasteiger partial charge in [-0.2, -0.15) is 0 Å². The van der Waals surface area contributed by atoms with Gasteiger partial charge < -0.3 is 0 Å². The van der Waals surface area contributed by atoms with Gasteiger partial charge in [-0.25, -0.2) is 0 Å². The molecule has 0 amide bonds. The summed E-state index contributed by atoms with van der Waals surface area (Å²) < 4.78 is 0. The second kappa shape index (κ2) is 18.5. The van der Waals surface area contributed by atoms with Crippen molar-refractivity contribution in [3.05, 3.63) is 120 Å². The molecule has 0 saturated carbocycles. The zero-order chi connectivity index (χ0) is 30.9. The standard InChI is InChI=1S/C21H22.C14H24.C3H8.C2H6/c1-3-4-9-18-15-14-17-10-5-6-11-19(17)16(2)20-12-7-8-13-21(18)20;1-9-12(14(6,7)8)10-11(2)13(3,4)5;1-3-2;1-2/h4-12,14-15,18,21H,2-3,13H2,1H3;9-10H,1-2H2,3-8H3;3H2,1-2H3;1-2H3/b9-4?,15-14-;12-10+;;. The molecule has 2 aliphatic rings. The molecule has 0 heterocycles. The lowest BCUT2D eigenvalue weighted by Crippen LogP contribution is -2.17. The maximum Gasteiger partial charge on any atom is 0.00218 e. The predicted molar refractivity (Wildman–Crippen MR) is 186 cm³/mol. The van der Waals surface area contributed by atoms with E-state index in [-0.39, 0.29) is 10.8 Å². The van der Waals surface area contributed by atoms with Crippen LogP contribution in [0.25, 0.3) is 11.6 Å². The summed E-state index contributed by atoms with van der Waals surface area (Å²) in [6.07, 6.45) is 23.5. The number of rotatable bonds is 4. The van der Waals surface area contributed by atoms with Crippen molar-refractivity contribution in [2.45, 2.75) is 95.4 Å². The highest BCUT2D eigenvalue weighted by Crippen LogP contribution is 2.40. The predicted octanol–water partition coefficient (Wildman–Crippen LogP) is 13.0. The SMILES string of the molecule is C=C/C(=C\C(=C)C(C)(C)C)C(C)(C)C.C=C1C2=CC=CCC2C(C=CCC)/C=C\c2ccccc21.CC.CCC. The largest absolute Gasteiger partial charge is 0.0988 e. The fourth-order valence-corrected chi connectivity index (χ4v) is 4.24. The van der Waals surface area contributed by atoms with Gasteiger partial charge in [-0.15, -0.1) is 0 Å². The number of hydrogen-bond donors (Lipinski definition) is 0. The summed E-state index contributed by atoms with van der Waals surface area (Å²) in [4.78, 5) is 0. The van der Waals surface area contributed by atoms with Crippen LogP contribution in [0.2, 0.25) is 0 Å². The van der Waals surface area contributed by atoms with Gasteiger partial charge in [-0.05, 0) is 63.0 Å². The van der Waals surface area contributed by atoms with Gasteiger partial charge in [0.2, 0.25) is 0 Å². The molecule has 2 aliphatic carbocycles. The van der Waals surface area contributed by atoms with Crippen molar-refractivity contribution in [1.82, 2.24) is 0 Å². The second-order valence-corrected chi connectivity index (χ2v) is 12.3. The zero-order valence-corrected chi connectivity index (χ0v) is 27.9. The molecule has 0 nitrogen and oxygen atoms in total. The summed E-state index contributed by atoms with van der Waals surface area (Å²) in [5.41, 5.74) is 7.79. The van der Waals surface area contributed by atoms with E-state index in [0.717, 1.165) is 18.4 Å². The van der Waals surface area contributed by atoms with Gasteiger partial charge in [0, 0.05) is 5.92 Å². The lowest BCUT2D eigenvalue weighted by molar-refractivity contribution is 0.499. The van der Waals surface area contributed by atoms with Gasteiger partial charge in [-0.1, -0.05) is 181 Å². The Morgan fingerprint density at radius 2 is 1.57 bits per heavy atom. The Hall–Kier alpha value is -2.86. The van der Waals surface area contributed by atoms with Crippen molar-refractivity contribution in [3.8, 4) is 0 Å². The Labute approximate surface area is 249 Å². The van der Waals surface area contributed by atoms with Crippen molar-refractivity contribution in [2.24, 2.45) is 22.7 Å². The topological polar surface area (TPSA) is 0 Å². The van der Waals surface area contributed by atoms with Gasteiger partial charge in [0.15, 0.2) is 0 Å². The van der Waals surface area contributed by atoms with Gasteiger partial charge in [0.1, 0.15) is 0 Å². The van der Waals surface area contributed by atoms with Gasteiger partial charge >= 0.3 is 0 Å². The molecule has 0 heteroatoms. The summed E-state index contributed by atoms with van der Waals surface area (Å²) in [5.74, 6) is 0.959. The molecule has 40 heavy (non-hydrogen) atoms. The third-order valence-electron chi connectivity index (χ3n) is 6.77. The van der Waals surface area contributed by atoms with Crippen LogP contribution in [0.3, 0.4) is 0 Å². The lowest BCUT2D eigenvalue weighted by Gasteiger charge is -2.30. The summed E-state index contributed by atoms with van der Waals surface area (Å²) >= 11 is 0. The van der Waals surface area contributed by atoms with E-state index in [1.807, 2.05) is 19.9 Å². The molecule has 1 aromatic rings. The van der Waals surface area contributed by atoms with Crippen LogP contribution in [0.1, 0.15) is 107 Å². The lowest BCUT2D eigenvalue weighted by atomic mass is 9.74. The minimum Gasteiger partial charge on any atom is -0.0988 e. The molecule has 0 radical (unpaired) electrons. The van der Waals surface area contributed by atoms with E-state index < -0.39 is 0 Å². The van der Waals surface area contributed by atoms with Crippen molar-refractivity contribution >= 4 is 11.6 Å². The van der Waals surface area contributed by atoms with Crippen LogP contribution in [-0.4, -0.2) is 0 Å². The van der Waals surface area contributed by atoms with Crippen molar-refractivity contribution < 1.29 is 0 Å². The zero-order valence-electron chi connectivity index (χ0n) is 27.9. The molecule has 0 aromatic heterocycles. The molecule has 0 bridgehead atoms. The van der Waals surface area contributed by atoms with Crippen LogP contribution in [0.5, 0.6) is 0 Å². The highest BCUT2D eigenvalue weighted by atomic mass is 14.3. The smallest absolute Gasteiger partial charge is 0.00218 e. The molecular weight excluding hydrogens is 480 g/mol. The third-order valence-corrected chi connectivity index (χ3v) is 6.77. The van der Waals surface area contributed by atoms with E-state index in [1.54, 1.807) is 0 Å². The molecule has 0 aliphatic heterocycles. The maximum atomic E-state index is 4.40. The molecule has 0 saturated heterocycles. The first kappa shape index (κ1) is 37.1. The van der Waals surface area contributed by atoms with Gasteiger partial charge in [0.25, 0.3) is 0 Å².